The minimum absolute atomic E-state index is 0. The van der Waals surface area contributed by atoms with E-state index >= 15 is 0 Å². The second kappa shape index (κ2) is 8.66. The molecular weight excluding hydrogens is 621 g/mol. The molecule has 5 rings (SSSR count). The molecule has 3 aromatic heterocycles. The quantitative estimate of drug-likeness (QED) is 0.345. The number of hydrogen-bond acceptors (Lipinski definition) is 6. The number of nitrogens with zero attached hydrogens (tertiary/aromatic N) is 5. The number of pyridine rings is 1. The van der Waals surface area contributed by atoms with Crippen LogP contribution >= 0.6 is 0 Å². The molecule has 0 aliphatic carbocycles. The van der Waals surface area contributed by atoms with Crippen LogP contribution in [0, 0.1) is 61.4 Å². The number of nitrogens with one attached hydrogen (secondary N) is 1. The van der Waals surface area contributed by atoms with Crippen LogP contribution in [0.3, 0.4) is 0 Å². The van der Waals surface area contributed by atoms with Crippen molar-refractivity contribution in [2.24, 2.45) is 0 Å². The molecule has 31 heavy (non-hydrogen) atoms. The number of imidazole rings is 1. The summed E-state index contributed by atoms with van der Waals surface area (Å²) < 4.78 is 21.7. The zero-order valence-electron chi connectivity index (χ0n) is 16.6. The van der Waals surface area contributed by atoms with Crippen LogP contribution in [0.4, 0.5) is 10.3 Å². The summed E-state index contributed by atoms with van der Waals surface area (Å²) in [4.78, 5) is 13.0. The maximum atomic E-state index is 14.5. The maximum Gasteiger partial charge on any atom is 0.208 e. The Labute approximate surface area is 201 Å². The third-order valence-corrected chi connectivity index (χ3v) is 5.23. The molecule has 0 spiro atoms. The van der Waals surface area contributed by atoms with Gasteiger partial charge in [0.1, 0.15) is 23.3 Å². The van der Waals surface area contributed by atoms with E-state index in [0.717, 1.165) is 28.0 Å². The molecule has 9 heteroatoms. The molecule has 0 amide bonds. The van der Waals surface area contributed by atoms with Crippen molar-refractivity contribution in [3.63, 3.8) is 0 Å². The fraction of sp³-hybridized carbons (Fsp3) is 0.182. The first kappa shape index (κ1) is 21.3. The van der Waals surface area contributed by atoms with Gasteiger partial charge in [0.2, 0.25) is 5.95 Å². The van der Waals surface area contributed by atoms with E-state index in [1.54, 1.807) is 35.1 Å². The minimum Gasteiger partial charge on any atom is -0.493 e. The average molecular weight is 637 g/mol. The van der Waals surface area contributed by atoms with Crippen molar-refractivity contribution in [1.82, 2.24) is 19.4 Å². The summed E-state index contributed by atoms with van der Waals surface area (Å²) in [5.41, 5.74) is 4.85. The van der Waals surface area contributed by atoms with E-state index in [9.17, 15) is 9.65 Å². The summed E-state index contributed by atoms with van der Waals surface area (Å²) in [6, 6.07) is 6.93. The van der Waals surface area contributed by atoms with Gasteiger partial charge in [0.05, 0.1) is 12.8 Å². The summed E-state index contributed by atoms with van der Waals surface area (Å²) in [5, 5.41) is 12.5. The van der Waals surface area contributed by atoms with Gasteiger partial charge in [-0.05, 0) is 12.1 Å². The molecule has 0 fully saturated rings. The molecule has 0 saturated carbocycles. The van der Waals surface area contributed by atoms with Crippen molar-refractivity contribution < 1.29 is 40.2 Å². The van der Waals surface area contributed by atoms with Crippen molar-refractivity contribution in [2.45, 2.75) is 19.9 Å². The third-order valence-electron chi connectivity index (χ3n) is 5.23. The monoisotopic (exact) mass is 637 g/mol. The van der Waals surface area contributed by atoms with Gasteiger partial charge in [-0.15, -0.1) is 11.1 Å². The van der Waals surface area contributed by atoms with Gasteiger partial charge >= 0.3 is 0 Å². The Hall–Kier alpha value is -2.94. The number of aryl methyl sites for hydroxylation is 1. The first-order valence-electron chi connectivity index (χ1n) is 9.44. The normalized spacial score (nSPS) is 12.0. The van der Waals surface area contributed by atoms with E-state index in [1.807, 2.05) is 6.92 Å². The Balaban J connectivity index is 0.00000231. The average Bonchev–Trinajstić information content (AvgIpc) is 3.40. The Morgan fingerprint density at radius 1 is 1.32 bits per heavy atom. The molecule has 1 N–H and O–H groups in total. The fourth-order valence-corrected chi connectivity index (χ4v) is 3.72. The van der Waals surface area contributed by atoms with Crippen LogP contribution in [0.5, 0.6) is 5.75 Å². The van der Waals surface area contributed by atoms with Gasteiger partial charge in [-0.3, -0.25) is 4.40 Å². The zero-order chi connectivity index (χ0) is 20.7. The van der Waals surface area contributed by atoms with Crippen LogP contribution in [0.1, 0.15) is 22.4 Å². The molecule has 7 nitrogen and oxygen atoms in total. The number of aromatic nitrogens is 4. The maximum absolute atomic E-state index is 14.5. The molecule has 0 atom stereocenters. The molecule has 0 bridgehead atoms. The van der Waals surface area contributed by atoms with E-state index < -0.39 is 0 Å². The number of halogens is 1. The standard InChI is InChI=1S/C22H16FN6O.U/c1-13-4-6-25-9-16(13)18-11-27-22(29-12-14(8-24)28-21(18)29)26-10-17-15-5-7-30-20(15)3-2-19(17)23;/h2-4,9,11-12H,5,7,10H2,1H3,(H,26,27);/q-1;. The zero-order valence-corrected chi connectivity index (χ0v) is 20.8. The van der Waals surface area contributed by atoms with Gasteiger partial charge in [-0.2, -0.15) is 11.3 Å². The van der Waals surface area contributed by atoms with Crippen LogP contribution in [-0.4, -0.2) is 26.0 Å². The van der Waals surface area contributed by atoms with Crippen LogP contribution in [0.25, 0.3) is 16.8 Å². The summed E-state index contributed by atoms with van der Waals surface area (Å²) in [6.07, 6.45) is 8.47. The van der Waals surface area contributed by atoms with E-state index in [2.05, 4.69) is 32.5 Å². The number of hydrogen-bond donors (Lipinski definition) is 1. The molecule has 1 aliphatic heterocycles. The van der Waals surface area contributed by atoms with E-state index in [4.69, 9.17) is 4.74 Å². The van der Waals surface area contributed by atoms with Gasteiger partial charge < -0.3 is 15.0 Å². The Morgan fingerprint density at radius 2 is 2.19 bits per heavy atom. The second-order valence-electron chi connectivity index (χ2n) is 7.01. The fourth-order valence-electron chi connectivity index (χ4n) is 3.72. The van der Waals surface area contributed by atoms with Crippen molar-refractivity contribution in [3.8, 4) is 22.9 Å². The van der Waals surface area contributed by atoms with Gasteiger partial charge in [0.25, 0.3) is 0 Å². The Morgan fingerprint density at radius 3 is 3.00 bits per heavy atom. The summed E-state index contributed by atoms with van der Waals surface area (Å²) in [5.74, 6) is 0.900. The van der Waals surface area contributed by atoms with Crippen molar-refractivity contribution >= 4 is 11.6 Å². The topological polar surface area (TPSA) is 88.1 Å². The largest absolute Gasteiger partial charge is 0.493 e. The predicted molar refractivity (Wildman–Crippen MR) is 107 cm³/mol. The van der Waals surface area contributed by atoms with Crippen molar-refractivity contribution in [2.75, 3.05) is 11.9 Å². The van der Waals surface area contributed by atoms with Crippen LogP contribution in [0.2, 0.25) is 0 Å². The summed E-state index contributed by atoms with van der Waals surface area (Å²) in [7, 11) is 0. The molecule has 0 saturated heterocycles. The molecule has 1 aromatic carbocycles. The smallest absolute Gasteiger partial charge is 0.208 e. The number of rotatable bonds is 4. The van der Waals surface area contributed by atoms with E-state index in [0.29, 0.717) is 30.2 Å². The van der Waals surface area contributed by atoms with Gasteiger partial charge in [0.15, 0.2) is 5.69 Å². The number of anilines is 1. The molecule has 1 aliphatic rings. The molecule has 152 valence electrons. The molecule has 4 heterocycles. The summed E-state index contributed by atoms with van der Waals surface area (Å²) >= 11 is 0. The first-order valence-corrected chi connectivity index (χ1v) is 9.44. The molecule has 0 radical (unpaired) electrons. The molecular formula is C22H16FN6OU-. The second-order valence-corrected chi connectivity index (χ2v) is 7.01. The molecule has 0 unspecified atom stereocenters. The van der Waals surface area contributed by atoms with Crippen LogP contribution in [0.15, 0.2) is 36.8 Å². The Bertz CT molecular complexity index is 1330. The van der Waals surface area contributed by atoms with E-state index in [1.165, 1.54) is 6.07 Å². The third kappa shape index (κ3) is 3.78. The van der Waals surface area contributed by atoms with Gasteiger partial charge in [-0.1, -0.05) is 19.3 Å². The van der Waals surface area contributed by atoms with Gasteiger partial charge in [0, 0.05) is 67.0 Å². The van der Waals surface area contributed by atoms with E-state index in [-0.39, 0.29) is 49.2 Å². The van der Waals surface area contributed by atoms with Crippen molar-refractivity contribution in [1.29, 1.82) is 5.26 Å². The first-order chi connectivity index (χ1) is 14.7. The Kier molecular flexibility index (Phi) is 5.95. The minimum atomic E-state index is -0.287. The van der Waals surface area contributed by atoms with Crippen molar-refractivity contribution in [3.05, 3.63) is 71.2 Å². The van der Waals surface area contributed by atoms with Crippen LogP contribution < -0.4 is 10.1 Å². The number of ether oxygens (including phenoxy) is 1. The number of benzene rings is 1. The molecule has 4 aromatic rings. The number of nitriles is 1. The van der Waals surface area contributed by atoms with Gasteiger partial charge in [-0.25, -0.2) is 14.4 Å². The SMILES string of the molecule is Cc1c[c-]ncc1-c1cnc(NCc2c(F)ccc3c2CCO3)n2cc(C#N)nc12.[U]. The predicted octanol–water partition coefficient (Wildman–Crippen LogP) is 3.46. The summed E-state index contributed by atoms with van der Waals surface area (Å²) in [6.45, 7) is 2.74. The number of fused-ring (bicyclic) bond motifs is 2. The van der Waals surface area contributed by atoms with Crippen LogP contribution in [-0.2, 0) is 13.0 Å².